The monoisotopic (exact) mass is 265 g/mol. The second kappa shape index (κ2) is 5.28. The van der Waals surface area contributed by atoms with Gasteiger partial charge in [0.15, 0.2) is 5.82 Å². The predicted octanol–water partition coefficient (Wildman–Crippen LogP) is 1.70. The molecule has 0 aromatic carbocycles. The van der Waals surface area contributed by atoms with Crippen LogP contribution in [0.25, 0.3) is 0 Å². The summed E-state index contributed by atoms with van der Waals surface area (Å²) in [5, 5.41) is 12.0. The van der Waals surface area contributed by atoms with Crippen LogP contribution in [0.4, 0.5) is 5.82 Å². The van der Waals surface area contributed by atoms with Gasteiger partial charge in [-0.1, -0.05) is 13.8 Å². The highest BCUT2D eigenvalue weighted by atomic mass is 32.1. The molecule has 0 saturated carbocycles. The molecule has 1 amide bonds. The number of thiazole rings is 1. The standard InChI is InChI=1S/C11H15N5OS/c1-6(2)7-3-9(16-15-7)14-11(17)8-5-18-10(4-12)13-8/h3,5-6H,4,12H2,1-2H3,(H2,14,15,16,17). The molecule has 0 fully saturated rings. The van der Waals surface area contributed by atoms with Crippen molar-refractivity contribution in [3.05, 3.63) is 27.8 Å². The van der Waals surface area contributed by atoms with E-state index in [2.05, 4.69) is 20.5 Å². The van der Waals surface area contributed by atoms with Gasteiger partial charge in [-0.15, -0.1) is 11.3 Å². The normalized spacial score (nSPS) is 10.9. The molecule has 0 radical (unpaired) electrons. The molecule has 6 nitrogen and oxygen atoms in total. The molecule has 0 unspecified atom stereocenters. The van der Waals surface area contributed by atoms with E-state index >= 15 is 0 Å². The lowest BCUT2D eigenvalue weighted by Crippen LogP contribution is -2.13. The van der Waals surface area contributed by atoms with E-state index < -0.39 is 0 Å². The lowest BCUT2D eigenvalue weighted by molar-refractivity contribution is 0.102. The molecule has 2 rings (SSSR count). The molecule has 18 heavy (non-hydrogen) atoms. The minimum Gasteiger partial charge on any atom is -0.325 e. The van der Waals surface area contributed by atoms with E-state index in [1.54, 1.807) is 5.38 Å². The molecular formula is C11H15N5OS. The number of amides is 1. The topological polar surface area (TPSA) is 96.7 Å². The molecule has 7 heteroatoms. The Bertz CT molecular complexity index is 545. The first-order chi connectivity index (χ1) is 8.60. The van der Waals surface area contributed by atoms with E-state index in [-0.39, 0.29) is 5.91 Å². The molecular weight excluding hydrogens is 250 g/mol. The fraction of sp³-hybridized carbons (Fsp3) is 0.364. The van der Waals surface area contributed by atoms with Crippen LogP contribution in [-0.4, -0.2) is 21.1 Å². The van der Waals surface area contributed by atoms with Crippen molar-refractivity contribution in [2.75, 3.05) is 5.32 Å². The van der Waals surface area contributed by atoms with Crippen LogP contribution in [0.1, 0.15) is 41.0 Å². The summed E-state index contributed by atoms with van der Waals surface area (Å²) in [7, 11) is 0. The van der Waals surface area contributed by atoms with E-state index in [0.717, 1.165) is 10.7 Å². The molecule has 2 aromatic heterocycles. The Kier molecular flexibility index (Phi) is 3.73. The van der Waals surface area contributed by atoms with E-state index in [1.807, 2.05) is 19.9 Å². The first-order valence-electron chi connectivity index (χ1n) is 5.61. The summed E-state index contributed by atoms with van der Waals surface area (Å²) in [6.45, 7) is 4.44. The van der Waals surface area contributed by atoms with Crippen molar-refractivity contribution >= 4 is 23.1 Å². The number of rotatable bonds is 4. The average Bonchev–Trinajstić information content (AvgIpc) is 2.96. The van der Waals surface area contributed by atoms with Crippen molar-refractivity contribution in [2.24, 2.45) is 5.73 Å². The Morgan fingerprint density at radius 3 is 2.94 bits per heavy atom. The number of carbonyl (C=O) groups is 1. The third-order valence-corrected chi connectivity index (χ3v) is 3.29. The van der Waals surface area contributed by atoms with Gasteiger partial charge < -0.3 is 11.1 Å². The second-order valence-electron chi connectivity index (χ2n) is 4.15. The van der Waals surface area contributed by atoms with Crippen molar-refractivity contribution in [3.8, 4) is 0 Å². The molecule has 0 bridgehead atoms. The quantitative estimate of drug-likeness (QED) is 0.783. The third kappa shape index (κ3) is 2.74. The summed E-state index contributed by atoms with van der Waals surface area (Å²) in [6.07, 6.45) is 0. The zero-order chi connectivity index (χ0) is 13.1. The Hall–Kier alpha value is -1.73. The molecule has 0 aliphatic heterocycles. The maximum absolute atomic E-state index is 11.9. The number of H-pyrrole nitrogens is 1. The van der Waals surface area contributed by atoms with Gasteiger partial charge in [-0.3, -0.25) is 9.89 Å². The SMILES string of the molecule is CC(C)c1cc(NC(=O)c2csc(CN)n2)n[nH]1. The summed E-state index contributed by atoms with van der Waals surface area (Å²) in [5.74, 6) is 0.574. The zero-order valence-electron chi connectivity index (χ0n) is 10.2. The summed E-state index contributed by atoms with van der Waals surface area (Å²) >= 11 is 1.37. The minimum atomic E-state index is -0.271. The predicted molar refractivity (Wildman–Crippen MR) is 70.6 cm³/mol. The molecule has 4 N–H and O–H groups in total. The van der Waals surface area contributed by atoms with Gasteiger partial charge in [-0.05, 0) is 5.92 Å². The first kappa shape index (κ1) is 12.7. The lowest BCUT2D eigenvalue weighted by atomic mass is 10.1. The van der Waals surface area contributed by atoms with Gasteiger partial charge in [-0.2, -0.15) is 5.10 Å². The van der Waals surface area contributed by atoms with Crippen molar-refractivity contribution < 1.29 is 4.79 Å². The molecule has 96 valence electrons. The number of hydrogen-bond acceptors (Lipinski definition) is 5. The second-order valence-corrected chi connectivity index (χ2v) is 5.09. The summed E-state index contributed by atoms with van der Waals surface area (Å²) in [6, 6.07) is 1.82. The van der Waals surface area contributed by atoms with Crippen LogP contribution in [0.2, 0.25) is 0 Å². The van der Waals surface area contributed by atoms with Crippen LogP contribution < -0.4 is 11.1 Å². The number of aromatic amines is 1. The van der Waals surface area contributed by atoms with E-state index in [0.29, 0.717) is 24.0 Å². The van der Waals surface area contributed by atoms with Crippen LogP contribution in [0.15, 0.2) is 11.4 Å². The zero-order valence-corrected chi connectivity index (χ0v) is 11.0. The maximum atomic E-state index is 11.9. The molecule has 0 aliphatic rings. The summed E-state index contributed by atoms with van der Waals surface area (Å²) in [4.78, 5) is 16.0. The Labute approximate surface area is 109 Å². The van der Waals surface area contributed by atoms with Crippen molar-refractivity contribution in [1.82, 2.24) is 15.2 Å². The van der Waals surface area contributed by atoms with Gasteiger partial charge in [0.2, 0.25) is 0 Å². The first-order valence-corrected chi connectivity index (χ1v) is 6.49. The van der Waals surface area contributed by atoms with Gasteiger partial charge in [0.25, 0.3) is 5.91 Å². The van der Waals surface area contributed by atoms with E-state index in [1.165, 1.54) is 11.3 Å². The van der Waals surface area contributed by atoms with Gasteiger partial charge >= 0.3 is 0 Å². The number of carbonyl (C=O) groups excluding carboxylic acids is 1. The van der Waals surface area contributed by atoms with Gasteiger partial charge in [0, 0.05) is 23.7 Å². The Morgan fingerprint density at radius 1 is 1.61 bits per heavy atom. The van der Waals surface area contributed by atoms with E-state index in [4.69, 9.17) is 5.73 Å². The van der Waals surface area contributed by atoms with Crippen molar-refractivity contribution in [2.45, 2.75) is 26.3 Å². The maximum Gasteiger partial charge on any atom is 0.276 e. The highest BCUT2D eigenvalue weighted by Gasteiger charge is 2.12. The summed E-state index contributed by atoms with van der Waals surface area (Å²) < 4.78 is 0. The smallest absolute Gasteiger partial charge is 0.276 e. The highest BCUT2D eigenvalue weighted by molar-refractivity contribution is 7.09. The number of hydrogen-bond donors (Lipinski definition) is 3. The molecule has 0 saturated heterocycles. The van der Waals surface area contributed by atoms with Crippen LogP contribution >= 0.6 is 11.3 Å². The number of aromatic nitrogens is 3. The fourth-order valence-electron chi connectivity index (χ4n) is 1.39. The van der Waals surface area contributed by atoms with Crippen molar-refractivity contribution in [3.63, 3.8) is 0 Å². The van der Waals surface area contributed by atoms with Crippen LogP contribution in [-0.2, 0) is 6.54 Å². The van der Waals surface area contributed by atoms with Gasteiger partial charge in [0.1, 0.15) is 10.7 Å². The van der Waals surface area contributed by atoms with Crippen LogP contribution in [0, 0.1) is 0 Å². The number of nitrogens with two attached hydrogens (primary N) is 1. The number of nitrogens with one attached hydrogen (secondary N) is 2. The minimum absolute atomic E-state index is 0.271. The average molecular weight is 265 g/mol. The van der Waals surface area contributed by atoms with Crippen LogP contribution in [0.3, 0.4) is 0 Å². The Balaban J connectivity index is 2.06. The van der Waals surface area contributed by atoms with Gasteiger partial charge in [-0.25, -0.2) is 4.98 Å². The molecule has 0 atom stereocenters. The molecule has 0 spiro atoms. The molecule has 0 aliphatic carbocycles. The van der Waals surface area contributed by atoms with E-state index in [9.17, 15) is 4.79 Å². The van der Waals surface area contributed by atoms with Crippen LogP contribution in [0.5, 0.6) is 0 Å². The largest absolute Gasteiger partial charge is 0.325 e. The number of nitrogens with zero attached hydrogens (tertiary/aromatic N) is 2. The lowest BCUT2D eigenvalue weighted by Gasteiger charge is -1.98. The van der Waals surface area contributed by atoms with Gasteiger partial charge in [0.05, 0.1) is 0 Å². The fourth-order valence-corrected chi connectivity index (χ4v) is 2.04. The summed E-state index contributed by atoms with van der Waals surface area (Å²) in [5.41, 5.74) is 6.80. The molecule has 2 heterocycles. The third-order valence-electron chi connectivity index (χ3n) is 2.42. The Morgan fingerprint density at radius 2 is 2.39 bits per heavy atom. The molecule has 2 aromatic rings. The highest BCUT2D eigenvalue weighted by Crippen LogP contribution is 2.16. The van der Waals surface area contributed by atoms with Crippen molar-refractivity contribution in [1.29, 1.82) is 0 Å². The number of anilines is 1.